The van der Waals surface area contributed by atoms with E-state index in [9.17, 15) is 4.79 Å². The van der Waals surface area contributed by atoms with Crippen molar-refractivity contribution in [3.05, 3.63) is 70.8 Å². The molecule has 2 aromatic carbocycles. The number of oxime groups is 1. The third-order valence-corrected chi connectivity index (χ3v) is 7.08. The standard InChI is InChI=1S/C24H25ClN2O2/c1-23(2)20-13-14-24(23,3)21(19(20)15-16-9-11-17(25)12-10-16)27-29-22(28)26-18-7-5-4-6-8-18/h4-12,15,20H,13-14H2,1-3H3,(H,26,28)/b19-15+,27-21+/t20-,24+/m0/s1. The Morgan fingerprint density at radius 2 is 1.83 bits per heavy atom. The van der Waals surface area contributed by atoms with Gasteiger partial charge in [-0.1, -0.05) is 67.9 Å². The summed E-state index contributed by atoms with van der Waals surface area (Å²) in [5.41, 5.74) is 3.68. The Morgan fingerprint density at radius 3 is 2.52 bits per heavy atom. The Kier molecular flexibility index (Phi) is 4.99. The van der Waals surface area contributed by atoms with Gasteiger partial charge in [-0.05, 0) is 65.7 Å². The molecular formula is C24H25ClN2O2. The summed E-state index contributed by atoms with van der Waals surface area (Å²) < 4.78 is 0. The fourth-order valence-electron chi connectivity index (χ4n) is 4.76. The number of allylic oxidation sites excluding steroid dienone is 1. The number of para-hydroxylation sites is 1. The van der Waals surface area contributed by atoms with Crippen molar-refractivity contribution in [3.8, 4) is 0 Å². The van der Waals surface area contributed by atoms with Crippen molar-refractivity contribution >= 4 is 35.2 Å². The topological polar surface area (TPSA) is 50.7 Å². The third-order valence-electron chi connectivity index (χ3n) is 6.83. The molecule has 2 atom stereocenters. The first-order chi connectivity index (χ1) is 13.8. The predicted molar refractivity (Wildman–Crippen MR) is 118 cm³/mol. The van der Waals surface area contributed by atoms with Crippen LogP contribution < -0.4 is 5.32 Å². The zero-order chi connectivity index (χ0) is 20.6. The molecule has 0 radical (unpaired) electrons. The van der Waals surface area contributed by atoms with Gasteiger partial charge >= 0.3 is 6.09 Å². The van der Waals surface area contributed by atoms with Gasteiger partial charge in [0.05, 0.1) is 5.71 Å². The van der Waals surface area contributed by atoms with E-state index in [-0.39, 0.29) is 10.8 Å². The van der Waals surface area contributed by atoms with Gasteiger partial charge in [-0.3, -0.25) is 10.2 Å². The van der Waals surface area contributed by atoms with E-state index in [0.29, 0.717) is 16.6 Å². The van der Waals surface area contributed by atoms with E-state index in [2.05, 4.69) is 37.3 Å². The Hall–Kier alpha value is -2.59. The molecular weight excluding hydrogens is 384 g/mol. The van der Waals surface area contributed by atoms with E-state index in [4.69, 9.17) is 16.4 Å². The molecule has 4 nitrogen and oxygen atoms in total. The van der Waals surface area contributed by atoms with E-state index in [1.165, 1.54) is 0 Å². The van der Waals surface area contributed by atoms with Crippen molar-refractivity contribution in [2.45, 2.75) is 33.6 Å². The van der Waals surface area contributed by atoms with Crippen LogP contribution in [0.1, 0.15) is 39.2 Å². The number of halogens is 1. The van der Waals surface area contributed by atoms with Crippen LogP contribution in [0.15, 0.2) is 65.3 Å². The summed E-state index contributed by atoms with van der Waals surface area (Å²) in [6.07, 6.45) is 3.71. The smallest absolute Gasteiger partial charge is 0.297 e. The molecule has 2 aromatic rings. The van der Waals surface area contributed by atoms with Gasteiger partial charge in [0.2, 0.25) is 0 Å². The molecule has 0 aliphatic heterocycles. The van der Waals surface area contributed by atoms with Gasteiger partial charge in [0.1, 0.15) is 0 Å². The van der Waals surface area contributed by atoms with E-state index in [1.54, 1.807) is 0 Å². The summed E-state index contributed by atoms with van der Waals surface area (Å²) in [6, 6.07) is 17.0. The second-order valence-corrected chi connectivity index (χ2v) is 9.04. The van der Waals surface area contributed by atoms with Crippen LogP contribution in [0.4, 0.5) is 10.5 Å². The molecule has 5 heteroatoms. The lowest BCUT2D eigenvalue weighted by Gasteiger charge is -2.33. The van der Waals surface area contributed by atoms with Crippen LogP contribution in [0.25, 0.3) is 6.08 Å². The second kappa shape index (κ2) is 7.34. The van der Waals surface area contributed by atoms with Crippen molar-refractivity contribution in [1.82, 2.24) is 0 Å². The average Bonchev–Trinajstić information content (AvgIpc) is 3.01. The van der Waals surface area contributed by atoms with E-state index in [0.717, 1.165) is 29.7 Å². The molecule has 0 unspecified atom stereocenters. The fraction of sp³-hybridized carbons (Fsp3) is 0.333. The lowest BCUT2D eigenvalue weighted by Crippen LogP contribution is -2.33. The first-order valence-corrected chi connectivity index (χ1v) is 10.3. The number of rotatable bonds is 3. The summed E-state index contributed by atoms with van der Waals surface area (Å²) in [6.45, 7) is 6.80. The molecule has 2 saturated carbocycles. The fourth-order valence-corrected chi connectivity index (χ4v) is 4.89. The number of fused-ring (bicyclic) bond motifs is 2. The largest absolute Gasteiger partial charge is 0.437 e. The molecule has 2 bridgehead atoms. The molecule has 2 aliphatic rings. The lowest BCUT2D eigenvalue weighted by atomic mass is 9.70. The molecule has 0 heterocycles. The zero-order valence-corrected chi connectivity index (χ0v) is 17.7. The summed E-state index contributed by atoms with van der Waals surface area (Å²) in [4.78, 5) is 17.6. The van der Waals surface area contributed by atoms with Crippen LogP contribution in [0, 0.1) is 16.7 Å². The Bertz CT molecular complexity index is 980. The average molecular weight is 409 g/mol. The quantitative estimate of drug-likeness (QED) is 0.449. The number of amides is 1. The molecule has 0 saturated heterocycles. The molecule has 0 spiro atoms. The number of carbonyl (C=O) groups is 1. The van der Waals surface area contributed by atoms with Crippen LogP contribution in [0.5, 0.6) is 0 Å². The van der Waals surface area contributed by atoms with Gasteiger partial charge in [0, 0.05) is 16.1 Å². The molecule has 2 fully saturated rings. The molecule has 0 aromatic heterocycles. The van der Waals surface area contributed by atoms with Gasteiger partial charge in [-0.15, -0.1) is 0 Å². The normalized spacial score (nSPS) is 27.4. The summed E-state index contributed by atoms with van der Waals surface area (Å²) in [5.74, 6) is 0.378. The van der Waals surface area contributed by atoms with Gasteiger partial charge in [-0.2, -0.15) is 0 Å². The third kappa shape index (κ3) is 3.46. The minimum Gasteiger partial charge on any atom is -0.297 e. The molecule has 150 valence electrons. The lowest BCUT2D eigenvalue weighted by molar-refractivity contribution is 0.160. The summed E-state index contributed by atoms with van der Waals surface area (Å²) >= 11 is 6.03. The van der Waals surface area contributed by atoms with Crippen LogP contribution >= 0.6 is 11.6 Å². The highest BCUT2D eigenvalue weighted by atomic mass is 35.5. The highest BCUT2D eigenvalue weighted by Gasteiger charge is 2.62. The monoisotopic (exact) mass is 408 g/mol. The van der Waals surface area contributed by atoms with Gasteiger partial charge in [0.25, 0.3) is 0 Å². The van der Waals surface area contributed by atoms with Crippen LogP contribution in [-0.2, 0) is 4.84 Å². The van der Waals surface area contributed by atoms with Crippen molar-refractivity contribution in [2.75, 3.05) is 5.32 Å². The first-order valence-electron chi connectivity index (χ1n) is 9.90. The predicted octanol–water partition coefficient (Wildman–Crippen LogP) is 6.78. The number of carbonyl (C=O) groups excluding carboxylic acids is 1. The minimum atomic E-state index is -0.585. The van der Waals surface area contributed by atoms with Crippen LogP contribution in [-0.4, -0.2) is 11.8 Å². The van der Waals surface area contributed by atoms with Crippen molar-refractivity contribution in [2.24, 2.45) is 21.9 Å². The SMILES string of the molecule is CC1(C)[C@H]2CC[C@]1(C)C(=N/OC(=O)Nc1ccccc1)/C2=C/c1ccc(Cl)cc1. The number of nitrogens with one attached hydrogen (secondary N) is 1. The molecule has 1 amide bonds. The van der Waals surface area contributed by atoms with Crippen molar-refractivity contribution < 1.29 is 9.63 Å². The number of anilines is 1. The second-order valence-electron chi connectivity index (χ2n) is 8.61. The summed E-state index contributed by atoms with van der Waals surface area (Å²) in [5, 5.41) is 7.80. The van der Waals surface area contributed by atoms with Gasteiger partial charge in [-0.25, -0.2) is 4.79 Å². The molecule has 1 N–H and O–H groups in total. The summed E-state index contributed by atoms with van der Waals surface area (Å²) in [7, 11) is 0. The maximum absolute atomic E-state index is 12.3. The Labute approximate surface area is 176 Å². The Balaban J connectivity index is 1.64. The maximum Gasteiger partial charge on any atom is 0.437 e. The van der Waals surface area contributed by atoms with Gasteiger partial charge in [0.15, 0.2) is 0 Å². The van der Waals surface area contributed by atoms with Crippen molar-refractivity contribution in [1.29, 1.82) is 0 Å². The first kappa shape index (κ1) is 19.7. The number of hydrogen-bond donors (Lipinski definition) is 1. The number of benzene rings is 2. The minimum absolute atomic E-state index is 0.0450. The number of hydrogen-bond acceptors (Lipinski definition) is 3. The Morgan fingerprint density at radius 1 is 1.14 bits per heavy atom. The molecule has 2 aliphatic carbocycles. The molecule has 4 rings (SSSR count). The number of nitrogens with zero attached hydrogens (tertiary/aromatic N) is 1. The van der Waals surface area contributed by atoms with Crippen LogP contribution in [0.2, 0.25) is 5.02 Å². The van der Waals surface area contributed by atoms with E-state index < -0.39 is 6.09 Å². The van der Waals surface area contributed by atoms with E-state index >= 15 is 0 Å². The maximum atomic E-state index is 12.3. The van der Waals surface area contributed by atoms with E-state index in [1.807, 2.05) is 54.6 Å². The highest BCUT2D eigenvalue weighted by molar-refractivity contribution is 6.30. The van der Waals surface area contributed by atoms with Crippen LogP contribution in [0.3, 0.4) is 0 Å². The highest BCUT2D eigenvalue weighted by Crippen LogP contribution is 2.66. The zero-order valence-electron chi connectivity index (χ0n) is 16.9. The van der Waals surface area contributed by atoms with Crippen molar-refractivity contribution in [3.63, 3.8) is 0 Å². The molecule has 29 heavy (non-hydrogen) atoms. The van der Waals surface area contributed by atoms with Gasteiger partial charge < -0.3 is 0 Å².